The zero-order chi connectivity index (χ0) is 15.1. The molecule has 2 heterocycles. The number of benzene rings is 2. The summed E-state index contributed by atoms with van der Waals surface area (Å²) in [6.45, 7) is 0. The van der Waals surface area contributed by atoms with Crippen LogP contribution in [0.5, 0.6) is 0 Å². The van der Waals surface area contributed by atoms with Crippen LogP contribution in [0.15, 0.2) is 52.6 Å². The fourth-order valence-corrected chi connectivity index (χ4v) is 2.87. The van der Waals surface area contributed by atoms with Gasteiger partial charge in [-0.05, 0) is 35.2 Å². The first-order chi connectivity index (χ1) is 10.7. The number of anilines is 1. The first-order valence-electron chi connectivity index (χ1n) is 7.26. The van der Waals surface area contributed by atoms with Crippen molar-refractivity contribution in [1.29, 1.82) is 0 Å². The Hall–Kier alpha value is -2.88. The standard InChI is InChI=1S/C18H16N4/c1-22-8-5-12-3-4-13(9-17(12)22)15-10-14(19)11-16-18(15)21-7-2-6-20-16/h3-11H,2,19H2,1H3. The molecule has 0 radical (unpaired) electrons. The van der Waals surface area contributed by atoms with Gasteiger partial charge in [0, 0.05) is 48.9 Å². The molecule has 1 aromatic heterocycles. The van der Waals surface area contributed by atoms with Gasteiger partial charge in [0.15, 0.2) is 0 Å². The summed E-state index contributed by atoms with van der Waals surface area (Å²) >= 11 is 0. The van der Waals surface area contributed by atoms with Crippen molar-refractivity contribution in [2.24, 2.45) is 17.0 Å². The van der Waals surface area contributed by atoms with Gasteiger partial charge in [-0.3, -0.25) is 9.98 Å². The van der Waals surface area contributed by atoms with Crippen LogP contribution in [-0.2, 0) is 7.05 Å². The highest BCUT2D eigenvalue weighted by Crippen LogP contribution is 2.41. The predicted molar refractivity (Wildman–Crippen MR) is 93.7 cm³/mol. The molecule has 108 valence electrons. The number of rotatable bonds is 1. The number of hydrogen-bond acceptors (Lipinski definition) is 3. The number of nitrogens with zero attached hydrogens (tertiary/aromatic N) is 3. The van der Waals surface area contributed by atoms with E-state index >= 15 is 0 Å². The van der Waals surface area contributed by atoms with Gasteiger partial charge in [0.05, 0.1) is 11.4 Å². The van der Waals surface area contributed by atoms with Gasteiger partial charge in [-0.15, -0.1) is 0 Å². The van der Waals surface area contributed by atoms with E-state index in [4.69, 9.17) is 5.73 Å². The number of aromatic nitrogens is 1. The number of aryl methyl sites for hydroxylation is 1. The van der Waals surface area contributed by atoms with Gasteiger partial charge in [-0.25, -0.2) is 0 Å². The van der Waals surface area contributed by atoms with E-state index in [1.807, 2.05) is 24.6 Å². The van der Waals surface area contributed by atoms with E-state index in [2.05, 4.69) is 52.1 Å². The molecule has 1 aliphatic rings. The maximum atomic E-state index is 6.06. The largest absolute Gasteiger partial charge is 0.399 e. The van der Waals surface area contributed by atoms with E-state index in [0.717, 1.165) is 28.9 Å². The summed E-state index contributed by atoms with van der Waals surface area (Å²) < 4.78 is 2.12. The van der Waals surface area contributed by atoms with Gasteiger partial charge in [-0.1, -0.05) is 12.1 Å². The van der Waals surface area contributed by atoms with Gasteiger partial charge in [0.1, 0.15) is 0 Å². The van der Waals surface area contributed by atoms with Crippen LogP contribution in [0.25, 0.3) is 22.0 Å². The molecule has 0 unspecified atom stereocenters. The Bertz CT molecular complexity index is 932. The van der Waals surface area contributed by atoms with Crippen molar-refractivity contribution in [3.05, 3.63) is 42.6 Å². The molecule has 0 fully saturated rings. The smallest absolute Gasteiger partial charge is 0.0962 e. The Morgan fingerprint density at radius 2 is 1.91 bits per heavy atom. The van der Waals surface area contributed by atoms with E-state index in [1.54, 1.807) is 0 Å². The van der Waals surface area contributed by atoms with E-state index in [0.29, 0.717) is 5.69 Å². The van der Waals surface area contributed by atoms with Crippen LogP contribution in [0.1, 0.15) is 6.42 Å². The number of hydrogen-bond donors (Lipinski definition) is 1. The van der Waals surface area contributed by atoms with Gasteiger partial charge < -0.3 is 10.3 Å². The van der Waals surface area contributed by atoms with Gasteiger partial charge in [0.25, 0.3) is 0 Å². The summed E-state index contributed by atoms with van der Waals surface area (Å²) in [4.78, 5) is 9.05. The Kier molecular flexibility index (Phi) is 2.82. The molecule has 2 N–H and O–H groups in total. The number of nitrogen functional groups attached to an aromatic ring is 1. The molecular formula is C18H16N4. The molecular weight excluding hydrogens is 272 g/mol. The number of fused-ring (bicyclic) bond motifs is 2. The monoisotopic (exact) mass is 288 g/mol. The van der Waals surface area contributed by atoms with Gasteiger partial charge in [0.2, 0.25) is 0 Å². The molecule has 0 atom stereocenters. The average molecular weight is 288 g/mol. The summed E-state index contributed by atoms with van der Waals surface area (Å²) in [5.74, 6) is 0. The number of nitrogens with two attached hydrogens (primary N) is 1. The highest BCUT2D eigenvalue weighted by molar-refractivity contribution is 5.96. The van der Waals surface area contributed by atoms with Crippen LogP contribution >= 0.6 is 0 Å². The van der Waals surface area contributed by atoms with Crippen LogP contribution in [0, 0.1) is 0 Å². The molecule has 3 aromatic rings. The lowest BCUT2D eigenvalue weighted by Gasteiger charge is -2.10. The zero-order valence-electron chi connectivity index (χ0n) is 12.3. The van der Waals surface area contributed by atoms with Gasteiger partial charge in [-0.2, -0.15) is 0 Å². The topological polar surface area (TPSA) is 55.7 Å². The highest BCUT2D eigenvalue weighted by atomic mass is 14.9. The minimum absolute atomic E-state index is 0.704. The fraction of sp³-hybridized carbons (Fsp3) is 0.111. The maximum absolute atomic E-state index is 6.06. The average Bonchev–Trinajstić information content (AvgIpc) is 2.73. The Morgan fingerprint density at radius 1 is 1.05 bits per heavy atom. The molecule has 0 saturated heterocycles. The molecule has 4 heteroatoms. The summed E-state index contributed by atoms with van der Waals surface area (Å²) in [6.07, 6.45) is 6.55. The van der Waals surface area contributed by atoms with Crippen molar-refractivity contribution in [2.75, 3.05) is 5.73 Å². The summed E-state index contributed by atoms with van der Waals surface area (Å²) in [7, 11) is 2.05. The van der Waals surface area contributed by atoms with E-state index in [1.165, 1.54) is 10.9 Å². The second kappa shape index (κ2) is 4.84. The summed E-state index contributed by atoms with van der Waals surface area (Å²) in [6, 6.07) is 12.4. The molecule has 0 spiro atoms. The lowest BCUT2D eigenvalue weighted by Crippen LogP contribution is -1.89. The molecule has 0 saturated carbocycles. The van der Waals surface area contributed by atoms with E-state index in [9.17, 15) is 0 Å². The Morgan fingerprint density at radius 3 is 2.82 bits per heavy atom. The molecule has 0 aliphatic carbocycles. The third-order valence-corrected chi connectivity index (χ3v) is 3.97. The molecule has 4 nitrogen and oxygen atoms in total. The second-order valence-corrected chi connectivity index (χ2v) is 5.50. The van der Waals surface area contributed by atoms with Crippen LogP contribution in [0.2, 0.25) is 0 Å². The zero-order valence-corrected chi connectivity index (χ0v) is 12.3. The van der Waals surface area contributed by atoms with Crippen molar-refractivity contribution in [3.8, 4) is 11.1 Å². The van der Waals surface area contributed by atoms with E-state index < -0.39 is 0 Å². The van der Waals surface area contributed by atoms with Crippen molar-refractivity contribution in [1.82, 2.24) is 4.57 Å². The summed E-state index contributed by atoms with van der Waals surface area (Å²) in [5.41, 5.74) is 11.8. The van der Waals surface area contributed by atoms with Crippen LogP contribution < -0.4 is 5.73 Å². The normalized spacial score (nSPS) is 13.3. The maximum Gasteiger partial charge on any atom is 0.0962 e. The molecule has 0 bridgehead atoms. The molecule has 0 amide bonds. The van der Waals surface area contributed by atoms with Crippen molar-refractivity contribution >= 4 is 40.4 Å². The molecule has 1 aliphatic heterocycles. The van der Waals surface area contributed by atoms with Gasteiger partial charge >= 0.3 is 0 Å². The predicted octanol–water partition coefficient (Wildman–Crippen LogP) is 4.24. The minimum Gasteiger partial charge on any atom is -0.399 e. The molecule has 2 aromatic carbocycles. The third-order valence-electron chi connectivity index (χ3n) is 3.97. The quantitative estimate of drug-likeness (QED) is 0.669. The van der Waals surface area contributed by atoms with Crippen molar-refractivity contribution in [3.63, 3.8) is 0 Å². The first kappa shape index (κ1) is 12.8. The summed E-state index contributed by atoms with van der Waals surface area (Å²) in [5, 5.41) is 1.22. The molecule has 4 rings (SSSR count). The van der Waals surface area contributed by atoms with Crippen molar-refractivity contribution in [2.45, 2.75) is 6.42 Å². The van der Waals surface area contributed by atoms with Crippen molar-refractivity contribution < 1.29 is 0 Å². The number of aliphatic imine (C=N–C) groups is 2. The fourth-order valence-electron chi connectivity index (χ4n) is 2.87. The van der Waals surface area contributed by atoms with Crippen LogP contribution in [-0.4, -0.2) is 17.0 Å². The Labute approximate surface area is 128 Å². The minimum atomic E-state index is 0.704. The van der Waals surface area contributed by atoms with E-state index in [-0.39, 0.29) is 0 Å². The third kappa shape index (κ3) is 2.00. The van der Waals surface area contributed by atoms with Crippen LogP contribution in [0.3, 0.4) is 0 Å². The van der Waals surface area contributed by atoms with Crippen LogP contribution in [0.4, 0.5) is 17.1 Å². The second-order valence-electron chi connectivity index (χ2n) is 5.50. The SMILES string of the molecule is Cn1ccc2ccc(-c3cc(N)cc4c3N=CCC=N4)cc21. The lowest BCUT2D eigenvalue weighted by molar-refractivity contribution is 0.969. The first-order valence-corrected chi connectivity index (χ1v) is 7.26. The Balaban J connectivity index is 1.99. The lowest BCUT2D eigenvalue weighted by atomic mass is 10.0. The highest BCUT2D eigenvalue weighted by Gasteiger charge is 2.13. The molecule has 22 heavy (non-hydrogen) atoms.